The van der Waals surface area contributed by atoms with Gasteiger partial charge in [0, 0.05) is 45.9 Å². The van der Waals surface area contributed by atoms with Crippen LogP contribution < -0.4 is 21.3 Å². The highest BCUT2D eigenvalue weighted by atomic mass is 35.5. The summed E-state index contributed by atoms with van der Waals surface area (Å²) in [6.45, 7) is 3.77. The van der Waals surface area contributed by atoms with Gasteiger partial charge in [0.1, 0.15) is 53.2 Å². The van der Waals surface area contributed by atoms with E-state index in [4.69, 9.17) is 21.1 Å². The predicted molar refractivity (Wildman–Crippen MR) is 208 cm³/mol. The van der Waals surface area contributed by atoms with Crippen molar-refractivity contribution in [1.29, 1.82) is 0 Å². The molecule has 2 aliphatic rings. The molecule has 14 nitrogen and oxygen atoms in total. The standard InChI is InChI=1S/C19H17F2N5O2.C10H12FNO.C9H6ClFN4O.ClH/c1-25-17(27)8-15(18-14(21)9-22-11-23-18)24-19(25)26-6-7-28-16(10-26)12-2-4-13(20)5-3-12;11-9-3-1-8(2-4-9)10-7-12-5-6-13-10;1-15-7(16)2-6(14-9(15)10)8-5(11)3-12-4-13-8;/h2-5,8-9,11,16H,6-7,10H2,1H3;1-4,10,12H,5-7H2;2-4H,1H3;1H/t16-;10-;;/m11../s1. The fourth-order valence-electron chi connectivity index (χ4n) is 5.73. The topological polar surface area (TPSA) is 155 Å². The summed E-state index contributed by atoms with van der Waals surface area (Å²) in [5.41, 5.74) is 1.31. The minimum atomic E-state index is -0.653. The summed E-state index contributed by atoms with van der Waals surface area (Å²) in [6.07, 6.45) is 4.18. The van der Waals surface area contributed by atoms with Crippen molar-refractivity contribution in [2.45, 2.75) is 12.2 Å². The number of benzene rings is 2. The molecule has 4 aromatic heterocycles. The van der Waals surface area contributed by atoms with Crippen molar-refractivity contribution in [3.63, 3.8) is 0 Å². The summed E-state index contributed by atoms with van der Waals surface area (Å²) >= 11 is 5.71. The number of morpholine rings is 2. The second kappa shape index (κ2) is 20.2. The van der Waals surface area contributed by atoms with E-state index in [1.54, 1.807) is 31.3 Å². The van der Waals surface area contributed by atoms with Crippen molar-refractivity contribution in [2.24, 2.45) is 14.1 Å². The average molecular weight is 844 g/mol. The average Bonchev–Trinajstić information content (AvgIpc) is 3.22. The third-order valence-corrected chi connectivity index (χ3v) is 9.11. The molecular formula is C38H36Cl2F4N10O4. The van der Waals surface area contributed by atoms with Crippen molar-refractivity contribution in [3.8, 4) is 22.8 Å². The van der Waals surface area contributed by atoms with Crippen molar-refractivity contribution in [1.82, 2.24) is 44.4 Å². The molecule has 0 radical (unpaired) electrons. The zero-order valence-corrected chi connectivity index (χ0v) is 32.5. The van der Waals surface area contributed by atoms with E-state index in [-0.39, 0.29) is 75.4 Å². The monoisotopic (exact) mass is 842 g/mol. The molecule has 2 fully saturated rings. The van der Waals surface area contributed by atoms with E-state index in [2.05, 4.69) is 35.2 Å². The molecule has 0 aliphatic carbocycles. The number of rotatable bonds is 5. The maximum atomic E-state index is 14.1. The quantitative estimate of drug-likeness (QED) is 0.183. The Kier molecular flexibility index (Phi) is 15.1. The summed E-state index contributed by atoms with van der Waals surface area (Å²) < 4.78 is 67.0. The van der Waals surface area contributed by atoms with Crippen LogP contribution in [0, 0.1) is 23.3 Å². The highest BCUT2D eigenvalue weighted by Gasteiger charge is 2.26. The fourth-order valence-corrected chi connectivity index (χ4v) is 5.91. The largest absolute Gasteiger partial charge is 0.371 e. The first-order chi connectivity index (χ1) is 27.5. The van der Waals surface area contributed by atoms with Crippen LogP contribution in [0.4, 0.5) is 23.5 Å². The molecule has 1 N–H and O–H groups in total. The lowest BCUT2D eigenvalue weighted by molar-refractivity contribution is 0.0276. The van der Waals surface area contributed by atoms with Gasteiger partial charge in [-0.3, -0.25) is 18.7 Å². The molecule has 2 aliphatic heterocycles. The molecule has 0 saturated carbocycles. The summed E-state index contributed by atoms with van der Waals surface area (Å²) in [5, 5.41) is 3.20. The van der Waals surface area contributed by atoms with E-state index in [1.165, 1.54) is 54.6 Å². The molecule has 8 rings (SSSR count). The van der Waals surface area contributed by atoms with Gasteiger partial charge in [0.25, 0.3) is 11.1 Å². The van der Waals surface area contributed by atoms with Crippen molar-refractivity contribution >= 4 is 30.0 Å². The first-order valence-electron chi connectivity index (χ1n) is 17.4. The molecule has 0 amide bonds. The van der Waals surface area contributed by atoms with E-state index in [1.807, 2.05) is 4.90 Å². The SMILES string of the molecule is Cl.Cn1c(Cl)nc(-c2ncncc2F)cc1=O.Cn1c(N2CCO[C@@H](c3ccc(F)cc3)C2)nc(-c2ncncc2F)cc1=O.Fc1ccc([C@H]2CNCCO2)cc1. The second-order valence-electron chi connectivity index (χ2n) is 12.6. The minimum Gasteiger partial charge on any atom is -0.371 e. The molecule has 2 saturated heterocycles. The van der Waals surface area contributed by atoms with Gasteiger partial charge in [-0.2, -0.15) is 0 Å². The molecule has 0 spiro atoms. The fraction of sp³-hybridized carbons (Fsp3) is 0.263. The molecule has 6 aromatic rings. The maximum absolute atomic E-state index is 14.1. The van der Waals surface area contributed by atoms with Gasteiger partial charge in [0.15, 0.2) is 11.6 Å². The highest BCUT2D eigenvalue weighted by molar-refractivity contribution is 6.28. The lowest BCUT2D eigenvalue weighted by Crippen LogP contribution is -2.41. The molecule has 58 heavy (non-hydrogen) atoms. The summed E-state index contributed by atoms with van der Waals surface area (Å²) in [4.78, 5) is 48.8. The molecular weight excluding hydrogens is 807 g/mol. The Labute approximate surface area is 340 Å². The molecule has 2 aromatic carbocycles. The van der Waals surface area contributed by atoms with Crippen LogP contribution in [0.15, 0.2) is 95.3 Å². The maximum Gasteiger partial charge on any atom is 0.255 e. The van der Waals surface area contributed by atoms with Crippen LogP contribution in [0.3, 0.4) is 0 Å². The highest BCUT2D eigenvalue weighted by Crippen LogP contribution is 2.26. The number of halogens is 6. The van der Waals surface area contributed by atoms with E-state index >= 15 is 0 Å². The van der Waals surface area contributed by atoms with Gasteiger partial charge in [-0.15, -0.1) is 12.4 Å². The van der Waals surface area contributed by atoms with E-state index < -0.39 is 11.6 Å². The van der Waals surface area contributed by atoms with E-state index in [0.717, 1.165) is 53.9 Å². The van der Waals surface area contributed by atoms with Gasteiger partial charge in [0.2, 0.25) is 11.2 Å². The normalized spacial score (nSPS) is 16.2. The number of hydrogen-bond donors (Lipinski definition) is 1. The Morgan fingerprint density at radius 1 is 0.724 bits per heavy atom. The molecule has 20 heteroatoms. The first kappa shape index (κ1) is 43.5. The molecule has 0 bridgehead atoms. The molecule has 304 valence electrons. The lowest BCUT2D eigenvalue weighted by atomic mass is 10.1. The Balaban J connectivity index is 0.000000181. The first-order valence-corrected chi connectivity index (χ1v) is 17.8. The van der Waals surface area contributed by atoms with Crippen LogP contribution >= 0.6 is 24.0 Å². The Morgan fingerprint density at radius 3 is 1.76 bits per heavy atom. The minimum absolute atomic E-state index is 0. The zero-order valence-electron chi connectivity index (χ0n) is 30.9. The van der Waals surface area contributed by atoms with Gasteiger partial charge in [0.05, 0.1) is 38.3 Å². The molecule has 0 unspecified atom stereocenters. The van der Waals surface area contributed by atoms with Crippen LogP contribution in [0.5, 0.6) is 0 Å². The van der Waals surface area contributed by atoms with Gasteiger partial charge in [-0.25, -0.2) is 47.5 Å². The number of anilines is 1. The number of hydrogen-bond acceptors (Lipinski definition) is 12. The number of aromatic nitrogens is 8. The van der Waals surface area contributed by atoms with Gasteiger partial charge in [-0.05, 0) is 47.0 Å². The van der Waals surface area contributed by atoms with Crippen molar-refractivity contribution < 1.29 is 27.0 Å². The van der Waals surface area contributed by atoms with Crippen molar-refractivity contribution in [3.05, 3.63) is 146 Å². The number of nitrogens with zero attached hydrogens (tertiary/aromatic N) is 9. The van der Waals surface area contributed by atoms with Crippen molar-refractivity contribution in [2.75, 3.05) is 44.3 Å². The third kappa shape index (κ3) is 10.8. The van der Waals surface area contributed by atoms with E-state index in [9.17, 15) is 27.2 Å². The number of ether oxygens (including phenoxy) is 2. The Hall–Kier alpha value is -5.66. The summed E-state index contributed by atoms with van der Waals surface area (Å²) in [5.74, 6) is -1.44. The van der Waals surface area contributed by atoms with E-state index in [0.29, 0.717) is 25.6 Å². The van der Waals surface area contributed by atoms with Crippen LogP contribution in [-0.2, 0) is 23.6 Å². The van der Waals surface area contributed by atoms with Gasteiger partial charge < -0.3 is 19.7 Å². The van der Waals surface area contributed by atoms with Gasteiger partial charge in [-0.1, -0.05) is 24.3 Å². The Morgan fingerprint density at radius 2 is 1.24 bits per heavy atom. The van der Waals surface area contributed by atoms with Crippen LogP contribution in [0.2, 0.25) is 5.28 Å². The van der Waals surface area contributed by atoms with Crippen LogP contribution in [0.1, 0.15) is 23.3 Å². The Bertz CT molecular complexity index is 2420. The summed E-state index contributed by atoms with van der Waals surface area (Å²) in [7, 11) is 3.07. The lowest BCUT2D eigenvalue weighted by Gasteiger charge is -2.34. The number of nitrogens with one attached hydrogen (secondary N) is 1. The zero-order chi connectivity index (χ0) is 40.5. The summed E-state index contributed by atoms with van der Waals surface area (Å²) in [6, 6.07) is 15.0. The third-order valence-electron chi connectivity index (χ3n) is 8.77. The van der Waals surface area contributed by atoms with Crippen LogP contribution in [0.25, 0.3) is 22.8 Å². The molecule has 2 atom stereocenters. The van der Waals surface area contributed by atoms with Crippen LogP contribution in [-0.4, -0.2) is 78.4 Å². The van der Waals surface area contributed by atoms with Gasteiger partial charge >= 0.3 is 0 Å². The molecule has 6 heterocycles. The predicted octanol–water partition coefficient (Wildman–Crippen LogP) is 5.03. The smallest absolute Gasteiger partial charge is 0.255 e. The second-order valence-corrected chi connectivity index (χ2v) is 12.9.